The predicted molar refractivity (Wildman–Crippen MR) is 119 cm³/mol. The lowest BCUT2D eigenvalue weighted by Crippen LogP contribution is -2.24. The average molecular weight is 419 g/mol. The highest BCUT2D eigenvalue weighted by Crippen LogP contribution is 2.33. The van der Waals surface area contributed by atoms with Crippen LogP contribution in [0.4, 0.5) is 0 Å². The van der Waals surface area contributed by atoms with Crippen LogP contribution in [-0.2, 0) is 15.8 Å². The van der Waals surface area contributed by atoms with Crippen molar-refractivity contribution in [2.75, 3.05) is 6.54 Å². The summed E-state index contributed by atoms with van der Waals surface area (Å²) in [5.41, 5.74) is 5.31. The van der Waals surface area contributed by atoms with Crippen LogP contribution in [0.1, 0.15) is 12.5 Å². The molecule has 2 N–H and O–H groups in total. The number of aromatic nitrogens is 3. The van der Waals surface area contributed by atoms with Crippen molar-refractivity contribution in [2.45, 2.75) is 12.7 Å². The van der Waals surface area contributed by atoms with E-state index in [2.05, 4.69) is 14.7 Å². The van der Waals surface area contributed by atoms with Crippen molar-refractivity contribution in [3.63, 3.8) is 0 Å². The first-order valence-corrected chi connectivity index (χ1v) is 11.3. The first-order chi connectivity index (χ1) is 14.6. The lowest BCUT2D eigenvalue weighted by Gasteiger charge is -2.06. The predicted octanol–water partition coefficient (Wildman–Crippen LogP) is 4.25. The van der Waals surface area contributed by atoms with Gasteiger partial charge in [-0.05, 0) is 17.7 Å². The molecule has 2 heterocycles. The third-order valence-corrected chi connectivity index (χ3v) is 6.11. The average Bonchev–Trinajstić information content (AvgIpc) is 3.21. The molecule has 0 bridgehead atoms. The molecule has 7 heteroatoms. The number of imidazole rings is 1. The van der Waals surface area contributed by atoms with Crippen LogP contribution >= 0.6 is 0 Å². The number of hydrogen-bond acceptors (Lipinski definition) is 4. The smallest absolute Gasteiger partial charge is 0.215 e. The van der Waals surface area contributed by atoms with Gasteiger partial charge in [-0.25, -0.2) is 18.1 Å². The normalized spacial score (nSPS) is 11.5. The van der Waals surface area contributed by atoms with Crippen LogP contribution in [0.3, 0.4) is 0 Å². The fourth-order valence-electron chi connectivity index (χ4n) is 3.29. The van der Waals surface area contributed by atoms with Gasteiger partial charge in [-0.2, -0.15) is 0 Å². The van der Waals surface area contributed by atoms with Crippen LogP contribution in [-0.4, -0.2) is 29.9 Å². The highest BCUT2D eigenvalue weighted by atomic mass is 32.2. The lowest BCUT2D eigenvalue weighted by molar-refractivity contribution is 0.583. The summed E-state index contributed by atoms with van der Waals surface area (Å²) >= 11 is 0. The summed E-state index contributed by atoms with van der Waals surface area (Å²) < 4.78 is 26.6. The molecule has 2 aromatic carbocycles. The number of benzene rings is 2. The van der Waals surface area contributed by atoms with Gasteiger partial charge < -0.3 is 4.98 Å². The van der Waals surface area contributed by atoms with Crippen LogP contribution in [0.15, 0.2) is 79.1 Å². The van der Waals surface area contributed by atoms with Crippen LogP contribution in [0.5, 0.6) is 0 Å². The van der Waals surface area contributed by atoms with Gasteiger partial charge in [0.15, 0.2) is 0 Å². The molecule has 0 unspecified atom stereocenters. The zero-order valence-corrected chi connectivity index (χ0v) is 17.4. The van der Waals surface area contributed by atoms with Crippen molar-refractivity contribution in [3.05, 3.63) is 84.7 Å². The van der Waals surface area contributed by atoms with Crippen molar-refractivity contribution in [1.29, 1.82) is 0 Å². The molecule has 0 aliphatic carbocycles. The molecule has 0 atom stereocenters. The Kier molecular flexibility index (Phi) is 5.74. The monoisotopic (exact) mass is 418 g/mol. The number of nitrogens with one attached hydrogen (secondary N) is 2. The van der Waals surface area contributed by atoms with Gasteiger partial charge in [0.2, 0.25) is 10.0 Å². The Morgan fingerprint density at radius 2 is 1.57 bits per heavy atom. The summed E-state index contributed by atoms with van der Waals surface area (Å²) in [6.45, 7) is 2.15. The molecule has 152 valence electrons. The molecule has 2 aromatic heterocycles. The van der Waals surface area contributed by atoms with Crippen LogP contribution in [0, 0.1) is 0 Å². The van der Waals surface area contributed by atoms with E-state index in [4.69, 9.17) is 4.98 Å². The Balaban J connectivity index is 1.73. The maximum Gasteiger partial charge on any atom is 0.215 e. The highest BCUT2D eigenvalue weighted by molar-refractivity contribution is 7.88. The molecular weight excluding hydrogens is 396 g/mol. The topological polar surface area (TPSA) is 87.7 Å². The third kappa shape index (κ3) is 4.48. The van der Waals surface area contributed by atoms with Crippen molar-refractivity contribution < 1.29 is 8.42 Å². The van der Waals surface area contributed by atoms with E-state index < -0.39 is 10.0 Å². The van der Waals surface area contributed by atoms with E-state index in [1.54, 1.807) is 19.3 Å². The molecule has 0 saturated carbocycles. The molecule has 0 aliphatic heterocycles. The van der Waals surface area contributed by atoms with E-state index >= 15 is 0 Å². The zero-order chi connectivity index (χ0) is 21.0. The molecule has 0 fully saturated rings. The van der Waals surface area contributed by atoms with Gasteiger partial charge in [-0.3, -0.25) is 4.98 Å². The Morgan fingerprint density at radius 3 is 2.23 bits per heavy atom. The van der Waals surface area contributed by atoms with Gasteiger partial charge in [0.1, 0.15) is 5.82 Å². The van der Waals surface area contributed by atoms with E-state index in [1.165, 1.54) is 0 Å². The summed E-state index contributed by atoms with van der Waals surface area (Å²) in [5.74, 6) is 0.727. The summed E-state index contributed by atoms with van der Waals surface area (Å²) in [4.78, 5) is 12.4. The molecule has 4 aromatic rings. The van der Waals surface area contributed by atoms with Gasteiger partial charge in [-0.1, -0.05) is 61.5 Å². The standard InChI is InChI=1S/C23H22N4O2S/c1-2-25-30(28,29)16-17-8-10-18(11-9-17)21-22(19-12-14-24-15-13-19)27-23(26-21)20-6-4-3-5-7-20/h3-15,25H,2,16H2,1H3,(H,26,27). The van der Waals surface area contributed by atoms with E-state index in [1.807, 2.05) is 66.7 Å². The van der Waals surface area contributed by atoms with E-state index in [0.717, 1.165) is 39.5 Å². The molecule has 4 rings (SSSR count). The maximum absolute atomic E-state index is 12.0. The van der Waals surface area contributed by atoms with Gasteiger partial charge in [-0.15, -0.1) is 0 Å². The first kappa shape index (κ1) is 20.0. The summed E-state index contributed by atoms with van der Waals surface area (Å²) in [7, 11) is -3.32. The maximum atomic E-state index is 12.0. The number of hydrogen-bond donors (Lipinski definition) is 2. The SMILES string of the molecule is CCNS(=O)(=O)Cc1ccc(-c2nc(-c3ccccc3)[nH]c2-c2ccncc2)cc1. The Bertz CT molecular complexity index is 1220. The fraction of sp³-hybridized carbons (Fsp3) is 0.130. The molecule has 30 heavy (non-hydrogen) atoms. The van der Waals surface area contributed by atoms with E-state index in [9.17, 15) is 8.42 Å². The summed E-state index contributed by atoms with van der Waals surface area (Å²) in [6, 6.07) is 21.3. The van der Waals surface area contributed by atoms with E-state index in [0.29, 0.717) is 6.54 Å². The minimum Gasteiger partial charge on any atom is -0.337 e. The minimum atomic E-state index is -3.32. The van der Waals surface area contributed by atoms with E-state index in [-0.39, 0.29) is 5.75 Å². The molecule has 0 radical (unpaired) electrons. The second kappa shape index (κ2) is 8.61. The molecule has 0 amide bonds. The number of pyridine rings is 1. The number of H-pyrrole nitrogens is 1. The Morgan fingerprint density at radius 1 is 0.867 bits per heavy atom. The molecule has 6 nitrogen and oxygen atoms in total. The zero-order valence-electron chi connectivity index (χ0n) is 16.5. The Labute approximate surface area is 176 Å². The second-order valence-corrected chi connectivity index (χ2v) is 8.67. The van der Waals surface area contributed by atoms with Crippen molar-refractivity contribution in [3.8, 4) is 33.9 Å². The van der Waals surface area contributed by atoms with Crippen LogP contribution < -0.4 is 4.72 Å². The fourth-order valence-corrected chi connectivity index (χ4v) is 4.46. The lowest BCUT2D eigenvalue weighted by atomic mass is 10.0. The molecule has 0 aliphatic rings. The van der Waals surface area contributed by atoms with Gasteiger partial charge in [0.05, 0.1) is 17.1 Å². The molecule has 0 saturated heterocycles. The van der Waals surface area contributed by atoms with Gasteiger partial charge >= 0.3 is 0 Å². The summed E-state index contributed by atoms with van der Waals surface area (Å²) in [5, 5.41) is 0. The van der Waals surface area contributed by atoms with Crippen LogP contribution in [0.2, 0.25) is 0 Å². The third-order valence-electron chi connectivity index (χ3n) is 4.67. The summed E-state index contributed by atoms with van der Waals surface area (Å²) in [6.07, 6.45) is 3.49. The first-order valence-electron chi connectivity index (χ1n) is 9.68. The molecular formula is C23H22N4O2S. The number of rotatable bonds is 7. The second-order valence-electron chi connectivity index (χ2n) is 6.86. The van der Waals surface area contributed by atoms with Crippen molar-refractivity contribution in [1.82, 2.24) is 19.7 Å². The van der Waals surface area contributed by atoms with Gasteiger partial charge in [0.25, 0.3) is 0 Å². The van der Waals surface area contributed by atoms with Crippen molar-refractivity contribution >= 4 is 10.0 Å². The number of aromatic amines is 1. The Hall–Kier alpha value is -3.29. The van der Waals surface area contributed by atoms with Gasteiger partial charge in [0, 0.05) is 35.6 Å². The highest BCUT2D eigenvalue weighted by Gasteiger charge is 2.16. The van der Waals surface area contributed by atoms with Crippen molar-refractivity contribution in [2.24, 2.45) is 0 Å². The molecule has 0 spiro atoms. The quantitative estimate of drug-likeness (QED) is 0.470. The minimum absolute atomic E-state index is 0.0475. The largest absolute Gasteiger partial charge is 0.337 e. The van der Waals surface area contributed by atoms with Crippen LogP contribution in [0.25, 0.3) is 33.9 Å². The number of sulfonamides is 1. The number of nitrogens with zero attached hydrogens (tertiary/aromatic N) is 2.